The van der Waals surface area contributed by atoms with Gasteiger partial charge >= 0.3 is 0 Å². The molecule has 2 nitrogen and oxygen atoms in total. The van der Waals surface area contributed by atoms with Crippen molar-refractivity contribution in [3.05, 3.63) is 47.5 Å². The maximum absolute atomic E-state index is 14.2. The van der Waals surface area contributed by atoms with Gasteiger partial charge in [0.1, 0.15) is 0 Å². The van der Waals surface area contributed by atoms with Crippen LogP contribution < -0.4 is 9.47 Å². The van der Waals surface area contributed by atoms with Gasteiger partial charge in [0, 0.05) is 11.1 Å². The van der Waals surface area contributed by atoms with Gasteiger partial charge in [-0.05, 0) is 30.2 Å². The number of hydrogen-bond donors (Lipinski definition) is 0. The molecule has 0 spiro atoms. The Balaban J connectivity index is 2.46. The van der Waals surface area contributed by atoms with E-state index in [1.54, 1.807) is 0 Å². The molecule has 0 amide bonds. The summed E-state index contributed by atoms with van der Waals surface area (Å²) in [4.78, 5) is 0. The van der Waals surface area contributed by atoms with Gasteiger partial charge in [-0.25, -0.2) is 8.78 Å². The van der Waals surface area contributed by atoms with Crippen molar-refractivity contribution in [1.82, 2.24) is 0 Å². The van der Waals surface area contributed by atoms with Crippen LogP contribution >= 0.6 is 0 Å². The van der Waals surface area contributed by atoms with Crippen molar-refractivity contribution in [2.75, 3.05) is 13.7 Å². The normalized spacial score (nSPS) is 11.0. The molecule has 0 atom stereocenters. The molecule has 0 N–H and O–H groups in total. The Morgan fingerprint density at radius 1 is 0.783 bits per heavy atom. The summed E-state index contributed by atoms with van der Waals surface area (Å²) >= 11 is 0. The van der Waals surface area contributed by atoms with Crippen LogP contribution in [-0.4, -0.2) is 13.7 Å². The number of rotatable bonds is 5. The average molecular weight is 328 g/mol. The van der Waals surface area contributed by atoms with E-state index >= 15 is 0 Å². The first-order chi connectivity index (χ1) is 10.9. The molecular formula is C17H16F4O2. The number of halogens is 4. The first-order valence-electron chi connectivity index (χ1n) is 7.00. The molecule has 0 bridgehead atoms. The van der Waals surface area contributed by atoms with Crippen LogP contribution in [0.25, 0.3) is 11.1 Å². The molecule has 0 aromatic heterocycles. The first-order valence-corrected chi connectivity index (χ1v) is 7.00. The third-order valence-corrected chi connectivity index (χ3v) is 3.18. The predicted octanol–water partition coefficient (Wildman–Crippen LogP) is 4.95. The van der Waals surface area contributed by atoms with Gasteiger partial charge in [0.25, 0.3) is 0 Å². The van der Waals surface area contributed by atoms with Crippen molar-refractivity contribution < 1.29 is 27.0 Å². The molecule has 0 heterocycles. The molecule has 2 aromatic carbocycles. The second kappa shape index (κ2) is 6.89. The van der Waals surface area contributed by atoms with E-state index in [-0.39, 0.29) is 24.0 Å². The Bertz CT molecular complexity index is 714. The van der Waals surface area contributed by atoms with Crippen molar-refractivity contribution in [2.24, 2.45) is 5.92 Å². The zero-order chi connectivity index (χ0) is 17.1. The van der Waals surface area contributed by atoms with Gasteiger partial charge in [0.05, 0.1) is 13.7 Å². The molecule has 0 radical (unpaired) electrons. The van der Waals surface area contributed by atoms with E-state index in [2.05, 4.69) is 4.74 Å². The number of ether oxygens (including phenoxy) is 2. The lowest BCUT2D eigenvalue weighted by atomic mass is 10.0. The van der Waals surface area contributed by atoms with Gasteiger partial charge < -0.3 is 9.47 Å². The summed E-state index contributed by atoms with van der Waals surface area (Å²) < 4.78 is 65.8. The van der Waals surface area contributed by atoms with Crippen LogP contribution in [0.5, 0.6) is 11.5 Å². The Morgan fingerprint density at radius 3 is 1.74 bits per heavy atom. The van der Waals surface area contributed by atoms with E-state index in [1.807, 2.05) is 13.8 Å². The molecule has 2 aromatic rings. The van der Waals surface area contributed by atoms with Crippen LogP contribution in [-0.2, 0) is 0 Å². The smallest absolute Gasteiger partial charge is 0.201 e. The molecule has 23 heavy (non-hydrogen) atoms. The first kappa shape index (κ1) is 17.1. The van der Waals surface area contributed by atoms with Crippen molar-refractivity contribution in [3.63, 3.8) is 0 Å². The summed E-state index contributed by atoms with van der Waals surface area (Å²) in [7, 11) is 1.18. The van der Waals surface area contributed by atoms with Gasteiger partial charge in [-0.1, -0.05) is 13.8 Å². The summed E-state index contributed by atoms with van der Waals surface area (Å²) in [6, 6.07) is 4.62. The van der Waals surface area contributed by atoms with E-state index in [0.717, 1.165) is 18.2 Å². The summed E-state index contributed by atoms with van der Waals surface area (Å²) in [5.41, 5.74) is -0.784. The topological polar surface area (TPSA) is 18.5 Å². The van der Waals surface area contributed by atoms with Crippen molar-refractivity contribution in [2.45, 2.75) is 13.8 Å². The lowest BCUT2D eigenvalue weighted by Gasteiger charge is -2.13. The Hall–Kier alpha value is -2.24. The maximum atomic E-state index is 14.2. The van der Waals surface area contributed by atoms with E-state index in [4.69, 9.17) is 4.74 Å². The van der Waals surface area contributed by atoms with Crippen LogP contribution in [0, 0.1) is 29.2 Å². The van der Waals surface area contributed by atoms with Crippen LogP contribution in [0.4, 0.5) is 17.6 Å². The molecule has 6 heteroatoms. The maximum Gasteiger partial charge on any atom is 0.201 e. The highest BCUT2D eigenvalue weighted by Gasteiger charge is 2.21. The largest absolute Gasteiger partial charge is 0.494 e. The molecule has 0 saturated heterocycles. The van der Waals surface area contributed by atoms with Crippen molar-refractivity contribution in [3.8, 4) is 22.6 Å². The van der Waals surface area contributed by atoms with E-state index in [0.29, 0.717) is 0 Å². The fourth-order valence-corrected chi connectivity index (χ4v) is 2.01. The monoisotopic (exact) mass is 328 g/mol. The van der Waals surface area contributed by atoms with Crippen LogP contribution in [0.2, 0.25) is 0 Å². The Morgan fingerprint density at radius 2 is 1.26 bits per heavy atom. The highest BCUT2D eigenvalue weighted by atomic mass is 19.2. The number of methoxy groups -OCH3 is 1. The Kier molecular flexibility index (Phi) is 5.13. The van der Waals surface area contributed by atoms with Gasteiger partial charge in [0.2, 0.25) is 11.6 Å². The lowest BCUT2D eigenvalue weighted by molar-refractivity contribution is 0.255. The minimum Gasteiger partial charge on any atom is -0.494 e. The highest BCUT2D eigenvalue weighted by Crippen LogP contribution is 2.34. The van der Waals surface area contributed by atoms with Crippen molar-refractivity contribution in [1.29, 1.82) is 0 Å². The average Bonchev–Trinajstić information content (AvgIpc) is 2.52. The zero-order valence-electron chi connectivity index (χ0n) is 12.9. The lowest BCUT2D eigenvalue weighted by Crippen LogP contribution is -2.07. The second-order valence-corrected chi connectivity index (χ2v) is 5.39. The van der Waals surface area contributed by atoms with Crippen LogP contribution in [0.3, 0.4) is 0 Å². The van der Waals surface area contributed by atoms with Gasteiger partial charge in [-0.15, -0.1) is 0 Å². The fourth-order valence-electron chi connectivity index (χ4n) is 2.01. The zero-order valence-corrected chi connectivity index (χ0v) is 12.9. The van der Waals surface area contributed by atoms with Crippen LogP contribution in [0.15, 0.2) is 24.3 Å². The third kappa shape index (κ3) is 3.41. The molecule has 0 unspecified atom stereocenters. The Labute approximate surface area is 131 Å². The second-order valence-electron chi connectivity index (χ2n) is 5.39. The molecule has 0 aliphatic rings. The minimum absolute atomic E-state index is 0.130. The summed E-state index contributed by atoms with van der Waals surface area (Å²) in [6.07, 6.45) is 0. The van der Waals surface area contributed by atoms with Gasteiger partial charge in [0.15, 0.2) is 23.1 Å². The summed E-state index contributed by atoms with van der Waals surface area (Å²) in [5, 5.41) is 0. The molecular weight excluding hydrogens is 312 g/mol. The van der Waals surface area contributed by atoms with E-state index in [9.17, 15) is 17.6 Å². The molecule has 0 aliphatic heterocycles. The summed E-state index contributed by atoms with van der Waals surface area (Å²) in [6.45, 7) is 3.93. The fraction of sp³-hybridized carbons (Fsp3) is 0.294. The van der Waals surface area contributed by atoms with Crippen LogP contribution in [0.1, 0.15) is 13.8 Å². The van der Waals surface area contributed by atoms with Gasteiger partial charge in [-0.2, -0.15) is 8.78 Å². The third-order valence-electron chi connectivity index (χ3n) is 3.18. The molecule has 0 fully saturated rings. The van der Waals surface area contributed by atoms with E-state index < -0.39 is 34.4 Å². The number of hydrogen-bond acceptors (Lipinski definition) is 2. The molecule has 0 saturated carbocycles. The SMILES string of the molecule is COc1ccc(-c2ccc(OCC(C)C)c(F)c2F)c(F)c1F. The van der Waals surface area contributed by atoms with E-state index in [1.165, 1.54) is 13.2 Å². The quantitative estimate of drug-likeness (QED) is 0.723. The molecule has 2 rings (SSSR count). The van der Waals surface area contributed by atoms with Gasteiger partial charge in [-0.3, -0.25) is 0 Å². The van der Waals surface area contributed by atoms with Crippen molar-refractivity contribution >= 4 is 0 Å². The molecule has 124 valence electrons. The standard InChI is InChI=1S/C17H16F4O2/c1-9(2)8-23-13-7-5-11(15(19)17(13)21)10-4-6-12(22-3)16(20)14(10)18/h4-7,9H,8H2,1-3H3. The number of benzene rings is 2. The molecule has 0 aliphatic carbocycles. The predicted molar refractivity (Wildman–Crippen MR) is 78.6 cm³/mol. The minimum atomic E-state index is -1.31. The summed E-state index contributed by atoms with van der Waals surface area (Å²) in [5.74, 6) is -5.56. The highest BCUT2D eigenvalue weighted by molar-refractivity contribution is 5.67.